The Balaban J connectivity index is 1.03. The molecule has 0 aliphatic carbocycles. The van der Waals surface area contributed by atoms with Crippen LogP contribution in [0.1, 0.15) is 19.4 Å². The molecule has 0 saturated carbocycles. The van der Waals surface area contributed by atoms with Crippen molar-refractivity contribution in [3.63, 3.8) is 0 Å². The molecule has 0 unspecified atom stereocenters. The van der Waals surface area contributed by atoms with E-state index in [-0.39, 0.29) is 24.9 Å². The lowest BCUT2D eigenvalue weighted by molar-refractivity contribution is -0.133. The highest BCUT2D eigenvalue weighted by atomic mass is 16.7. The van der Waals surface area contributed by atoms with E-state index in [1.165, 1.54) is 0 Å². The highest BCUT2D eigenvalue weighted by Crippen LogP contribution is 2.41. The topological polar surface area (TPSA) is 86.3 Å². The molecule has 4 heterocycles. The fraction of sp³-hybridized carbons (Fsp3) is 0.370. The van der Waals surface area contributed by atoms with Crippen LogP contribution in [0.25, 0.3) is 11.3 Å². The molecule has 0 bridgehead atoms. The number of rotatable bonds is 5. The Morgan fingerprint density at radius 2 is 1.83 bits per heavy atom. The Bertz CT molecular complexity index is 1290. The minimum absolute atomic E-state index is 0.00965. The quantitative estimate of drug-likeness (QED) is 0.541. The van der Waals surface area contributed by atoms with Gasteiger partial charge in [-0.05, 0) is 50.2 Å². The Morgan fingerprint density at radius 1 is 1.00 bits per heavy atom. The molecule has 1 saturated heterocycles. The van der Waals surface area contributed by atoms with Gasteiger partial charge in [-0.1, -0.05) is 12.1 Å². The van der Waals surface area contributed by atoms with Crippen LogP contribution in [0.4, 0.5) is 5.82 Å². The third-order valence-electron chi connectivity index (χ3n) is 6.68. The van der Waals surface area contributed by atoms with Crippen LogP contribution in [-0.2, 0) is 11.2 Å². The summed E-state index contributed by atoms with van der Waals surface area (Å²) in [6.45, 7) is 6.90. The number of carbonyl (C=O) groups excluding carboxylic acids is 1. The molecule has 9 nitrogen and oxygen atoms in total. The lowest BCUT2D eigenvalue weighted by Gasteiger charge is -2.35. The second-order valence-electron chi connectivity index (χ2n) is 9.78. The first-order valence-electron chi connectivity index (χ1n) is 12.2. The number of hydrogen-bond donors (Lipinski definition) is 0. The number of hydrogen-bond acceptors (Lipinski definition) is 8. The predicted octanol–water partition coefficient (Wildman–Crippen LogP) is 3.31. The number of piperazine rings is 1. The number of benzene rings is 2. The Kier molecular flexibility index (Phi) is 5.55. The average Bonchev–Trinajstić information content (AvgIpc) is 3.49. The van der Waals surface area contributed by atoms with Gasteiger partial charge in [0.2, 0.25) is 6.79 Å². The van der Waals surface area contributed by atoms with Gasteiger partial charge in [0.1, 0.15) is 5.60 Å². The number of para-hydroxylation sites is 1. The van der Waals surface area contributed by atoms with Crippen molar-refractivity contribution in [2.45, 2.75) is 25.9 Å². The summed E-state index contributed by atoms with van der Waals surface area (Å²) in [5.41, 5.74) is 2.55. The van der Waals surface area contributed by atoms with E-state index < -0.39 is 0 Å². The predicted molar refractivity (Wildman–Crippen MR) is 133 cm³/mol. The van der Waals surface area contributed by atoms with Gasteiger partial charge in [-0.15, -0.1) is 10.2 Å². The number of amides is 1. The summed E-state index contributed by atoms with van der Waals surface area (Å²) in [4.78, 5) is 16.8. The molecule has 3 aliphatic rings. The van der Waals surface area contributed by atoms with Crippen LogP contribution in [0.2, 0.25) is 0 Å². The number of anilines is 1. The third-order valence-corrected chi connectivity index (χ3v) is 6.68. The Hall–Kier alpha value is -4.01. The zero-order valence-corrected chi connectivity index (χ0v) is 20.4. The van der Waals surface area contributed by atoms with Gasteiger partial charge in [0, 0.05) is 43.7 Å². The van der Waals surface area contributed by atoms with Gasteiger partial charge in [-0.2, -0.15) is 0 Å². The van der Waals surface area contributed by atoms with Crippen LogP contribution < -0.4 is 23.8 Å². The zero-order chi connectivity index (χ0) is 24.7. The maximum Gasteiger partial charge on any atom is 0.260 e. The summed E-state index contributed by atoms with van der Waals surface area (Å²) >= 11 is 0. The Labute approximate surface area is 209 Å². The molecule has 3 aromatic rings. The van der Waals surface area contributed by atoms with E-state index >= 15 is 0 Å². The van der Waals surface area contributed by atoms with E-state index in [0.717, 1.165) is 46.3 Å². The third kappa shape index (κ3) is 4.36. The van der Waals surface area contributed by atoms with Crippen molar-refractivity contribution < 1.29 is 23.7 Å². The first-order valence-corrected chi connectivity index (χ1v) is 12.2. The molecule has 0 spiro atoms. The molecule has 186 valence electrons. The largest absolute Gasteiger partial charge is 0.483 e. The van der Waals surface area contributed by atoms with Crippen molar-refractivity contribution in [1.29, 1.82) is 0 Å². The first-order chi connectivity index (χ1) is 17.4. The van der Waals surface area contributed by atoms with Crippen LogP contribution in [0.5, 0.6) is 23.0 Å². The second-order valence-corrected chi connectivity index (χ2v) is 9.78. The first kappa shape index (κ1) is 22.5. The van der Waals surface area contributed by atoms with Gasteiger partial charge >= 0.3 is 0 Å². The summed E-state index contributed by atoms with van der Waals surface area (Å²) in [5.74, 6) is 3.60. The van der Waals surface area contributed by atoms with Crippen molar-refractivity contribution in [1.82, 2.24) is 15.1 Å². The molecule has 9 heteroatoms. The highest BCUT2D eigenvalue weighted by molar-refractivity contribution is 5.78. The van der Waals surface area contributed by atoms with E-state index in [0.29, 0.717) is 31.9 Å². The molecule has 1 amide bonds. The van der Waals surface area contributed by atoms with Crippen LogP contribution in [0, 0.1) is 0 Å². The van der Waals surface area contributed by atoms with E-state index in [2.05, 4.69) is 28.9 Å². The summed E-state index contributed by atoms with van der Waals surface area (Å²) < 4.78 is 22.7. The average molecular weight is 489 g/mol. The molecular formula is C27H28N4O5. The molecule has 1 aromatic heterocycles. The standard InChI is InChI=1S/C27H28N4O5/c1-27(2)15-19-4-3-5-22(26(19)36-27)33-16-25(32)31-12-10-30(11-13-31)24-9-7-20(28-29-24)18-6-8-21-23(14-18)35-17-34-21/h3-9,14H,10-13,15-17H2,1-2H3. The van der Waals surface area contributed by atoms with Gasteiger partial charge in [-0.3, -0.25) is 4.79 Å². The van der Waals surface area contributed by atoms with Gasteiger partial charge in [0.05, 0.1) is 5.69 Å². The summed E-state index contributed by atoms with van der Waals surface area (Å²) in [7, 11) is 0. The molecule has 1 fully saturated rings. The van der Waals surface area contributed by atoms with Crippen molar-refractivity contribution in [2.75, 3.05) is 44.5 Å². The molecule has 6 rings (SSSR count). The molecule has 2 aromatic carbocycles. The number of fused-ring (bicyclic) bond motifs is 2. The molecule has 0 radical (unpaired) electrons. The van der Waals surface area contributed by atoms with Gasteiger partial charge < -0.3 is 28.7 Å². The van der Waals surface area contributed by atoms with Crippen LogP contribution in [0.15, 0.2) is 48.5 Å². The Morgan fingerprint density at radius 3 is 2.64 bits per heavy atom. The molecular weight excluding hydrogens is 460 g/mol. The van der Waals surface area contributed by atoms with Crippen molar-refractivity contribution in [3.8, 4) is 34.3 Å². The minimum atomic E-state index is -0.256. The van der Waals surface area contributed by atoms with E-state index in [1.54, 1.807) is 0 Å². The van der Waals surface area contributed by atoms with Crippen LogP contribution in [-0.4, -0.2) is 66.2 Å². The summed E-state index contributed by atoms with van der Waals surface area (Å²) in [6.07, 6.45) is 0.829. The number of carbonyl (C=O) groups is 1. The van der Waals surface area contributed by atoms with Crippen LogP contribution >= 0.6 is 0 Å². The monoisotopic (exact) mass is 488 g/mol. The number of ether oxygens (including phenoxy) is 4. The smallest absolute Gasteiger partial charge is 0.260 e. The fourth-order valence-electron chi connectivity index (χ4n) is 4.82. The lowest BCUT2D eigenvalue weighted by atomic mass is 10.0. The fourth-order valence-corrected chi connectivity index (χ4v) is 4.82. The number of aromatic nitrogens is 2. The van der Waals surface area contributed by atoms with Crippen molar-refractivity contribution >= 4 is 11.7 Å². The van der Waals surface area contributed by atoms with Gasteiger partial charge in [0.25, 0.3) is 5.91 Å². The summed E-state index contributed by atoms with van der Waals surface area (Å²) in [6, 6.07) is 15.5. The zero-order valence-electron chi connectivity index (χ0n) is 20.4. The highest BCUT2D eigenvalue weighted by Gasteiger charge is 2.32. The van der Waals surface area contributed by atoms with E-state index in [1.807, 2.05) is 53.4 Å². The lowest BCUT2D eigenvalue weighted by Crippen LogP contribution is -2.50. The molecule has 36 heavy (non-hydrogen) atoms. The number of nitrogens with zero attached hydrogens (tertiary/aromatic N) is 4. The molecule has 0 N–H and O–H groups in total. The van der Waals surface area contributed by atoms with Crippen molar-refractivity contribution in [2.24, 2.45) is 0 Å². The van der Waals surface area contributed by atoms with Crippen LogP contribution in [0.3, 0.4) is 0 Å². The van der Waals surface area contributed by atoms with Gasteiger partial charge in [-0.25, -0.2) is 0 Å². The molecule has 3 aliphatic heterocycles. The molecule has 0 atom stereocenters. The summed E-state index contributed by atoms with van der Waals surface area (Å²) in [5, 5.41) is 8.83. The van der Waals surface area contributed by atoms with E-state index in [9.17, 15) is 4.79 Å². The second kappa shape index (κ2) is 8.89. The maximum absolute atomic E-state index is 12.8. The minimum Gasteiger partial charge on any atom is -0.483 e. The van der Waals surface area contributed by atoms with Crippen molar-refractivity contribution in [3.05, 3.63) is 54.1 Å². The van der Waals surface area contributed by atoms with E-state index in [4.69, 9.17) is 18.9 Å². The maximum atomic E-state index is 12.8. The van der Waals surface area contributed by atoms with Gasteiger partial charge in [0.15, 0.2) is 35.4 Å². The SMILES string of the molecule is CC1(C)Cc2cccc(OCC(=O)N3CCN(c4ccc(-c5ccc6c(c5)OCO6)nn4)CC3)c2O1. The normalized spacial score (nSPS) is 17.5.